The highest BCUT2D eigenvalue weighted by atomic mass is 32.2. The molecular weight excluding hydrogens is 383 g/mol. The summed E-state index contributed by atoms with van der Waals surface area (Å²) in [6.07, 6.45) is 1.41. The van der Waals surface area contributed by atoms with Gasteiger partial charge in [-0.05, 0) is 19.1 Å². The van der Waals surface area contributed by atoms with Crippen LogP contribution in [0.4, 0.5) is 21.6 Å². The fourth-order valence-corrected chi connectivity index (χ4v) is 3.70. The van der Waals surface area contributed by atoms with Crippen molar-refractivity contribution in [3.8, 4) is 5.75 Å². The minimum Gasteiger partial charge on any atom is -0.460 e. The number of rotatable bonds is 6. The number of hydrogen-bond acceptors (Lipinski definition) is 8. The number of amides is 1. The number of carbonyl (C=O) groups excluding carboxylic acids is 1. The summed E-state index contributed by atoms with van der Waals surface area (Å²) in [5.41, 5.74) is 1.13. The highest BCUT2D eigenvalue weighted by molar-refractivity contribution is 8.01. The molecule has 146 valence electrons. The van der Waals surface area contributed by atoms with Crippen molar-refractivity contribution in [2.24, 2.45) is 0 Å². The van der Waals surface area contributed by atoms with Crippen LogP contribution in [0.2, 0.25) is 0 Å². The zero-order chi connectivity index (χ0) is 19.7. The van der Waals surface area contributed by atoms with E-state index in [1.807, 2.05) is 0 Å². The molecule has 4 rings (SSSR count). The Kier molecular flexibility index (Phi) is 5.05. The number of carbonyl (C=O) groups is 1. The van der Waals surface area contributed by atoms with Crippen molar-refractivity contribution in [3.63, 3.8) is 0 Å². The predicted octanol–water partition coefficient (Wildman–Crippen LogP) is 2.20. The van der Waals surface area contributed by atoms with Crippen LogP contribution >= 0.6 is 11.8 Å². The van der Waals surface area contributed by atoms with Gasteiger partial charge in [-0.15, -0.1) is 0 Å². The van der Waals surface area contributed by atoms with Gasteiger partial charge in [-0.2, -0.15) is 0 Å². The molecule has 10 heteroatoms. The summed E-state index contributed by atoms with van der Waals surface area (Å²) in [5.74, 6) is 0.658. The number of anilines is 3. The summed E-state index contributed by atoms with van der Waals surface area (Å²) in [4.78, 5) is 20.9. The number of benzene rings is 1. The van der Waals surface area contributed by atoms with E-state index < -0.39 is 11.2 Å². The van der Waals surface area contributed by atoms with E-state index in [9.17, 15) is 9.18 Å². The highest BCUT2D eigenvalue weighted by Gasteiger charge is 2.33. The molecule has 4 N–H and O–H groups in total. The number of hydrogen-bond donors (Lipinski definition) is 4. The van der Waals surface area contributed by atoms with E-state index in [1.165, 1.54) is 30.2 Å². The first-order chi connectivity index (χ1) is 13.5. The van der Waals surface area contributed by atoms with Crippen molar-refractivity contribution < 1.29 is 13.9 Å². The lowest BCUT2D eigenvalue weighted by Gasteiger charge is -2.28. The Morgan fingerprint density at radius 2 is 2.21 bits per heavy atom. The van der Waals surface area contributed by atoms with Crippen LogP contribution in [0.3, 0.4) is 0 Å². The van der Waals surface area contributed by atoms with Crippen LogP contribution in [0.5, 0.6) is 5.75 Å². The van der Waals surface area contributed by atoms with Crippen molar-refractivity contribution in [1.82, 2.24) is 20.6 Å². The fourth-order valence-electron chi connectivity index (χ4n) is 2.74. The van der Waals surface area contributed by atoms with Gasteiger partial charge in [0.05, 0.1) is 17.5 Å². The zero-order valence-electron chi connectivity index (χ0n) is 15.1. The third-order valence-electron chi connectivity index (χ3n) is 4.16. The standard InChI is InChI=1S/C18H19FN6O2S/c1-9(2)27-13-5-10(19)3-4-12(13)24-15-14-17(22-8-21-15)28-18(25-14)16(26)23-11-6-20-7-11/h3-5,8,11,18,20,25H,1,6-7H2,2H3,(H,23,26)(H,21,22,24). The third-order valence-corrected chi connectivity index (χ3v) is 5.26. The second kappa shape index (κ2) is 7.64. The van der Waals surface area contributed by atoms with Crippen LogP contribution in [-0.2, 0) is 4.79 Å². The number of allylic oxidation sites excluding steroid dienone is 1. The number of halogens is 1. The third kappa shape index (κ3) is 3.87. The van der Waals surface area contributed by atoms with Gasteiger partial charge < -0.3 is 26.0 Å². The Morgan fingerprint density at radius 3 is 2.93 bits per heavy atom. The molecule has 0 bridgehead atoms. The molecule has 1 unspecified atom stereocenters. The van der Waals surface area contributed by atoms with Gasteiger partial charge in [0.2, 0.25) is 0 Å². The molecule has 0 saturated carbocycles. The number of nitrogens with one attached hydrogen (secondary N) is 4. The topological polar surface area (TPSA) is 100 Å². The van der Waals surface area contributed by atoms with Crippen LogP contribution in [0, 0.1) is 5.82 Å². The number of ether oxygens (including phenoxy) is 1. The van der Waals surface area contributed by atoms with Crippen LogP contribution < -0.4 is 26.0 Å². The second-order valence-corrected chi connectivity index (χ2v) is 7.57. The minimum absolute atomic E-state index is 0.103. The van der Waals surface area contributed by atoms with Gasteiger partial charge in [0, 0.05) is 19.2 Å². The molecule has 8 nitrogen and oxygen atoms in total. The highest BCUT2D eigenvalue weighted by Crippen LogP contribution is 2.42. The maximum atomic E-state index is 13.6. The molecular formula is C18H19FN6O2S. The maximum Gasteiger partial charge on any atom is 0.253 e. The summed E-state index contributed by atoms with van der Waals surface area (Å²) >= 11 is 1.32. The largest absolute Gasteiger partial charge is 0.460 e. The summed E-state index contributed by atoms with van der Waals surface area (Å²) in [7, 11) is 0. The Balaban J connectivity index is 1.54. The van der Waals surface area contributed by atoms with Gasteiger partial charge in [0.25, 0.3) is 5.91 Å². The Labute approximate surface area is 165 Å². The van der Waals surface area contributed by atoms with E-state index >= 15 is 0 Å². The maximum absolute atomic E-state index is 13.6. The second-order valence-electron chi connectivity index (χ2n) is 6.48. The molecule has 0 spiro atoms. The molecule has 2 aromatic rings. The predicted molar refractivity (Wildman–Crippen MR) is 105 cm³/mol. The van der Waals surface area contributed by atoms with Crippen LogP contribution in [-0.4, -0.2) is 40.4 Å². The van der Waals surface area contributed by atoms with Crippen LogP contribution in [0.1, 0.15) is 6.92 Å². The zero-order valence-corrected chi connectivity index (χ0v) is 15.9. The first-order valence-electron chi connectivity index (χ1n) is 8.69. The quantitative estimate of drug-likeness (QED) is 0.431. The SMILES string of the molecule is C=C(C)Oc1cc(F)ccc1Nc1ncnc2c1NC(C(=O)NC1CNC1)S2. The molecule has 28 heavy (non-hydrogen) atoms. The van der Waals surface area contributed by atoms with Crippen molar-refractivity contribution in [2.45, 2.75) is 23.4 Å². The van der Waals surface area contributed by atoms with Gasteiger partial charge in [0.15, 0.2) is 16.9 Å². The number of aromatic nitrogens is 2. The van der Waals surface area contributed by atoms with E-state index in [2.05, 4.69) is 37.8 Å². The average molecular weight is 402 g/mol. The molecule has 0 radical (unpaired) electrons. The fraction of sp³-hybridized carbons (Fsp3) is 0.278. The number of thioether (sulfide) groups is 1. The Morgan fingerprint density at radius 1 is 1.39 bits per heavy atom. The first kappa shape index (κ1) is 18.5. The first-order valence-corrected chi connectivity index (χ1v) is 9.57. The molecule has 2 aliphatic rings. The van der Waals surface area contributed by atoms with Crippen molar-refractivity contribution in [2.75, 3.05) is 23.7 Å². The van der Waals surface area contributed by atoms with E-state index in [0.29, 0.717) is 28.0 Å². The molecule has 1 amide bonds. The smallest absolute Gasteiger partial charge is 0.253 e. The summed E-state index contributed by atoms with van der Waals surface area (Å²) in [5, 5.41) is 12.5. The molecule has 0 aliphatic carbocycles. The van der Waals surface area contributed by atoms with Crippen molar-refractivity contribution in [1.29, 1.82) is 0 Å². The minimum atomic E-state index is -0.493. The Bertz CT molecular complexity index is 936. The van der Waals surface area contributed by atoms with E-state index in [-0.39, 0.29) is 17.7 Å². The van der Waals surface area contributed by atoms with Crippen molar-refractivity contribution in [3.05, 3.63) is 42.7 Å². The molecule has 1 atom stereocenters. The van der Waals surface area contributed by atoms with Crippen molar-refractivity contribution >= 4 is 34.9 Å². The summed E-state index contributed by atoms with van der Waals surface area (Å²) in [6, 6.07) is 4.30. The van der Waals surface area contributed by atoms with Gasteiger partial charge in [-0.25, -0.2) is 14.4 Å². The van der Waals surface area contributed by atoms with E-state index in [1.54, 1.807) is 13.0 Å². The lowest BCUT2D eigenvalue weighted by Crippen LogP contribution is -2.58. The van der Waals surface area contributed by atoms with Crippen LogP contribution in [0.25, 0.3) is 0 Å². The van der Waals surface area contributed by atoms with Gasteiger partial charge in [-0.3, -0.25) is 4.79 Å². The Hall–Kier alpha value is -2.85. The normalized spacial score (nSPS) is 17.9. The molecule has 1 aromatic carbocycles. The van der Waals surface area contributed by atoms with Gasteiger partial charge >= 0.3 is 0 Å². The monoisotopic (exact) mass is 402 g/mol. The molecule has 3 heterocycles. The number of nitrogens with zero attached hydrogens (tertiary/aromatic N) is 2. The summed E-state index contributed by atoms with van der Waals surface area (Å²) < 4.78 is 19.1. The number of fused-ring (bicyclic) bond motifs is 1. The van der Waals surface area contributed by atoms with E-state index in [0.717, 1.165) is 13.1 Å². The van der Waals surface area contributed by atoms with Gasteiger partial charge in [-0.1, -0.05) is 18.3 Å². The van der Waals surface area contributed by atoms with E-state index in [4.69, 9.17) is 4.74 Å². The lowest BCUT2D eigenvalue weighted by atomic mass is 10.2. The van der Waals surface area contributed by atoms with Gasteiger partial charge in [0.1, 0.15) is 22.9 Å². The molecule has 2 aliphatic heterocycles. The summed E-state index contributed by atoms with van der Waals surface area (Å²) in [6.45, 7) is 6.92. The van der Waals surface area contributed by atoms with Crippen LogP contribution in [0.15, 0.2) is 41.9 Å². The molecule has 1 fully saturated rings. The molecule has 1 saturated heterocycles. The molecule has 1 aromatic heterocycles. The lowest BCUT2D eigenvalue weighted by molar-refractivity contribution is -0.121. The average Bonchev–Trinajstić information content (AvgIpc) is 3.05.